The Hall–Kier alpha value is -2.86. The molecule has 1 aromatic carbocycles. The van der Waals surface area contributed by atoms with E-state index in [2.05, 4.69) is 11.9 Å². The highest BCUT2D eigenvalue weighted by molar-refractivity contribution is 6.32. The lowest BCUT2D eigenvalue weighted by Gasteiger charge is -2.23. The number of aryl methyl sites for hydroxylation is 1. The third kappa shape index (κ3) is 3.14. The number of rotatable bonds is 6. The predicted octanol–water partition coefficient (Wildman–Crippen LogP) is 3.59. The van der Waals surface area contributed by atoms with Crippen LogP contribution >= 0.6 is 11.6 Å². The maximum absolute atomic E-state index is 13.0. The molecule has 1 fully saturated rings. The molecule has 0 aliphatic carbocycles. The van der Waals surface area contributed by atoms with Crippen LogP contribution in [0.3, 0.4) is 0 Å². The van der Waals surface area contributed by atoms with Crippen LogP contribution in [0, 0.1) is 13.8 Å². The van der Waals surface area contributed by atoms with Crippen molar-refractivity contribution >= 4 is 29.3 Å². The van der Waals surface area contributed by atoms with Gasteiger partial charge in [-0.05, 0) is 32.9 Å². The van der Waals surface area contributed by atoms with Gasteiger partial charge >= 0.3 is 6.03 Å². The number of hydrogen-bond acceptors (Lipinski definition) is 3. The molecule has 6 nitrogen and oxygen atoms in total. The number of carbonyl (C=O) groups is 3. The molecule has 146 valence electrons. The molecule has 1 saturated heterocycles. The first kappa shape index (κ1) is 19.9. The first-order valence-corrected chi connectivity index (χ1v) is 9.28. The molecule has 0 radical (unpaired) electrons. The summed E-state index contributed by atoms with van der Waals surface area (Å²) in [4.78, 5) is 39.3. The smallest absolute Gasteiger partial charge is 0.325 e. The molecule has 0 saturated carbocycles. The molecule has 1 aliphatic heterocycles. The van der Waals surface area contributed by atoms with Crippen molar-refractivity contribution < 1.29 is 14.4 Å². The van der Waals surface area contributed by atoms with Crippen molar-refractivity contribution in [3.63, 3.8) is 0 Å². The van der Waals surface area contributed by atoms with E-state index in [4.69, 9.17) is 11.6 Å². The second kappa shape index (κ2) is 7.28. The van der Waals surface area contributed by atoms with Crippen LogP contribution in [0.1, 0.15) is 34.2 Å². The second-order valence-corrected chi connectivity index (χ2v) is 7.44. The van der Waals surface area contributed by atoms with Crippen molar-refractivity contribution in [2.75, 3.05) is 6.54 Å². The van der Waals surface area contributed by atoms with E-state index < -0.39 is 17.5 Å². The third-order valence-corrected chi connectivity index (χ3v) is 5.50. The molecule has 28 heavy (non-hydrogen) atoms. The quantitative estimate of drug-likeness (QED) is 0.458. The number of Topliss-reactive ketones (excluding diaryl/α,β-unsaturated/α-hetero) is 1. The number of amides is 3. The van der Waals surface area contributed by atoms with Gasteiger partial charge < -0.3 is 9.88 Å². The van der Waals surface area contributed by atoms with Gasteiger partial charge in [0, 0.05) is 34.1 Å². The number of hydrogen-bond donors (Lipinski definition) is 1. The summed E-state index contributed by atoms with van der Waals surface area (Å²) in [6.07, 6.45) is 1.75. The van der Waals surface area contributed by atoms with Crippen LogP contribution in [-0.4, -0.2) is 33.7 Å². The summed E-state index contributed by atoms with van der Waals surface area (Å²) >= 11 is 6.23. The summed E-state index contributed by atoms with van der Waals surface area (Å²) in [6, 6.07) is 8.00. The molecule has 3 rings (SSSR count). The van der Waals surface area contributed by atoms with Gasteiger partial charge in [-0.2, -0.15) is 0 Å². The van der Waals surface area contributed by atoms with Gasteiger partial charge in [-0.15, -0.1) is 6.58 Å². The van der Waals surface area contributed by atoms with E-state index in [1.165, 1.54) is 0 Å². The number of nitrogens with zero attached hydrogens (tertiary/aromatic N) is 2. The van der Waals surface area contributed by atoms with Crippen LogP contribution in [0.25, 0.3) is 0 Å². The summed E-state index contributed by atoms with van der Waals surface area (Å²) < 4.78 is 1.96. The van der Waals surface area contributed by atoms with E-state index in [1.807, 2.05) is 18.4 Å². The molecule has 1 aromatic heterocycles. The van der Waals surface area contributed by atoms with Crippen LogP contribution < -0.4 is 5.32 Å². The zero-order valence-electron chi connectivity index (χ0n) is 16.1. The Morgan fingerprint density at radius 2 is 1.96 bits per heavy atom. The lowest BCUT2D eigenvalue weighted by atomic mass is 9.92. The fraction of sp³-hybridized carbons (Fsp3) is 0.286. The largest absolute Gasteiger partial charge is 0.345 e. The summed E-state index contributed by atoms with van der Waals surface area (Å²) in [5.41, 5.74) is 1.37. The van der Waals surface area contributed by atoms with Crippen molar-refractivity contribution in [1.29, 1.82) is 0 Å². The first-order valence-electron chi connectivity index (χ1n) is 8.90. The Morgan fingerprint density at radius 3 is 2.61 bits per heavy atom. The van der Waals surface area contributed by atoms with Gasteiger partial charge in [0.25, 0.3) is 5.91 Å². The predicted molar refractivity (Wildman–Crippen MR) is 107 cm³/mol. The average molecular weight is 400 g/mol. The number of halogens is 1. The number of ketones is 1. The maximum atomic E-state index is 13.0. The van der Waals surface area contributed by atoms with Gasteiger partial charge in [-0.1, -0.05) is 35.9 Å². The number of aromatic nitrogens is 1. The van der Waals surface area contributed by atoms with Gasteiger partial charge in [0.05, 0.1) is 6.54 Å². The van der Waals surface area contributed by atoms with Crippen molar-refractivity contribution in [1.82, 2.24) is 14.8 Å². The molecule has 1 N–H and O–H groups in total. The van der Waals surface area contributed by atoms with E-state index in [0.29, 0.717) is 22.7 Å². The summed E-state index contributed by atoms with van der Waals surface area (Å²) in [5.74, 6) is -0.797. The van der Waals surface area contributed by atoms with Gasteiger partial charge in [-0.25, -0.2) is 4.79 Å². The van der Waals surface area contributed by atoms with Gasteiger partial charge in [-0.3, -0.25) is 14.5 Å². The van der Waals surface area contributed by atoms with Crippen molar-refractivity contribution in [3.05, 3.63) is 70.5 Å². The second-order valence-electron chi connectivity index (χ2n) is 7.03. The molecule has 0 spiro atoms. The number of urea groups is 1. The number of benzene rings is 1. The highest BCUT2D eigenvalue weighted by atomic mass is 35.5. The Bertz CT molecular complexity index is 995. The van der Waals surface area contributed by atoms with Crippen LogP contribution in [0.4, 0.5) is 4.79 Å². The summed E-state index contributed by atoms with van der Waals surface area (Å²) in [7, 11) is 0. The van der Waals surface area contributed by atoms with Crippen LogP contribution in [0.2, 0.25) is 5.02 Å². The van der Waals surface area contributed by atoms with E-state index in [0.717, 1.165) is 16.3 Å². The van der Waals surface area contributed by atoms with Gasteiger partial charge in [0.2, 0.25) is 0 Å². The van der Waals surface area contributed by atoms with E-state index >= 15 is 0 Å². The Morgan fingerprint density at radius 1 is 1.29 bits per heavy atom. The summed E-state index contributed by atoms with van der Waals surface area (Å²) in [6.45, 7) is 9.30. The summed E-state index contributed by atoms with van der Waals surface area (Å²) in [5, 5.41) is 3.05. The topological polar surface area (TPSA) is 71.4 Å². The van der Waals surface area contributed by atoms with Gasteiger partial charge in [0.15, 0.2) is 5.78 Å². The normalized spacial score (nSPS) is 19.1. The van der Waals surface area contributed by atoms with Crippen LogP contribution in [0.15, 0.2) is 43.0 Å². The maximum Gasteiger partial charge on any atom is 0.325 e. The molecule has 2 heterocycles. The standard InChI is InChI=1S/C21H22ClN3O3/c1-5-10-24-13(2)11-15(14(24)3)18(26)12-25-19(27)21(4,23-20(25)28)16-8-6-7-9-17(16)22/h5-9,11H,1,10,12H2,2-4H3,(H,23,28). The highest BCUT2D eigenvalue weighted by Gasteiger charge is 2.50. The Kier molecular flexibility index (Phi) is 5.17. The lowest BCUT2D eigenvalue weighted by Crippen LogP contribution is -2.41. The first-order chi connectivity index (χ1) is 13.2. The Labute approximate surface area is 168 Å². The number of carbonyl (C=O) groups excluding carboxylic acids is 3. The SMILES string of the molecule is C=CCn1c(C)cc(C(=O)CN2C(=O)NC(C)(c3ccccc3Cl)C2=O)c1C. The van der Waals surface area contributed by atoms with Crippen molar-refractivity contribution in [2.24, 2.45) is 0 Å². The monoisotopic (exact) mass is 399 g/mol. The molecule has 1 atom stereocenters. The minimum absolute atomic E-state index is 0.296. The molecule has 7 heteroatoms. The molecule has 2 aromatic rings. The van der Waals surface area contributed by atoms with Crippen molar-refractivity contribution in [3.8, 4) is 0 Å². The number of imide groups is 1. The molecule has 1 unspecified atom stereocenters. The third-order valence-electron chi connectivity index (χ3n) is 5.17. The minimum Gasteiger partial charge on any atom is -0.345 e. The molecular formula is C21H22ClN3O3. The number of allylic oxidation sites excluding steroid dienone is 1. The van der Waals surface area contributed by atoms with E-state index in [9.17, 15) is 14.4 Å². The fourth-order valence-electron chi connectivity index (χ4n) is 3.61. The molecule has 3 amide bonds. The molecule has 0 bridgehead atoms. The zero-order valence-corrected chi connectivity index (χ0v) is 16.8. The van der Waals surface area contributed by atoms with E-state index in [-0.39, 0.29) is 12.3 Å². The van der Waals surface area contributed by atoms with Crippen molar-refractivity contribution in [2.45, 2.75) is 32.9 Å². The highest BCUT2D eigenvalue weighted by Crippen LogP contribution is 2.33. The fourth-order valence-corrected chi connectivity index (χ4v) is 3.94. The minimum atomic E-state index is -1.31. The molecule has 1 aliphatic rings. The molecular weight excluding hydrogens is 378 g/mol. The van der Waals surface area contributed by atoms with Gasteiger partial charge in [0.1, 0.15) is 5.54 Å². The lowest BCUT2D eigenvalue weighted by molar-refractivity contribution is -0.130. The van der Waals surface area contributed by atoms with Crippen LogP contribution in [0.5, 0.6) is 0 Å². The van der Waals surface area contributed by atoms with Crippen LogP contribution in [-0.2, 0) is 16.9 Å². The Balaban J connectivity index is 1.88. The zero-order chi connectivity index (χ0) is 20.6. The number of nitrogens with one attached hydrogen (secondary N) is 1. The van der Waals surface area contributed by atoms with E-state index in [1.54, 1.807) is 43.3 Å². The average Bonchev–Trinajstić information content (AvgIpc) is 3.05.